The molecule has 0 aliphatic carbocycles. The van der Waals surface area contributed by atoms with Crippen molar-refractivity contribution >= 4 is 11.3 Å². The summed E-state index contributed by atoms with van der Waals surface area (Å²) >= 11 is 1.74. The molecule has 0 aliphatic rings. The van der Waals surface area contributed by atoms with Crippen molar-refractivity contribution in [1.82, 2.24) is 0 Å². The number of thiophene rings is 1. The molecule has 0 fully saturated rings. The highest BCUT2D eigenvalue weighted by atomic mass is 32.1. The van der Waals surface area contributed by atoms with Gasteiger partial charge in [-0.25, -0.2) is 0 Å². The third kappa shape index (κ3) is 1.68. The quantitative estimate of drug-likeness (QED) is 0.780. The van der Waals surface area contributed by atoms with Crippen molar-refractivity contribution in [2.75, 3.05) is 13.7 Å². The van der Waals surface area contributed by atoms with Crippen LogP contribution in [0.25, 0.3) is 0 Å². The van der Waals surface area contributed by atoms with Gasteiger partial charge in [-0.05, 0) is 26.0 Å². The van der Waals surface area contributed by atoms with E-state index in [4.69, 9.17) is 10.5 Å². The van der Waals surface area contributed by atoms with Gasteiger partial charge in [0.15, 0.2) is 0 Å². The van der Waals surface area contributed by atoms with E-state index in [0.29, 0.717) is 6.54 Å². The number of aryl methyl sites for hydroxylation is 1. The first-order chi connectivity index (χ1) is 5.62. The normalized spacial score (nSPS) is 16.0. The fraction of sp³-hybridized carbons (Fsp3) is 0.556. The van der Waals surface area contributed by atoms with E-state index in [9.17, 15) is 0 Å². The minimum atomic E-state index is -0.307. The Kier molecular flexibility index (Phi) is 2.88. The fourth-order valence-electron chi connectivity index (χ4n) is 1.00. The van der Waals surface area contributed by atoms with Gasteiger partial charge in [0.1, 0.15) is 5.60 Å². The van der Waals surface area contributed by atoms with Crippen LogP contribution in [0.2, 0.25) is 0 Å². The monoisotopic (exact) mass is 185 g/mol. The average Bonchev–Trinajstić information content (AvgIpc) is 2.51. The Balaban J connectivity index is 2.94. The molecule has 0 amide bonds. The van der Waals surface area contributed by atoms with Crippen molar-refractivity contribution in [2.24, 2.45) is 5.73 Å². The summed E-state index contributed by atoms with van der Waals surface area (Å²) in [5.74, 6) is 0. The Hall–Kier alpha value is -0.380. The maximum absolute atomic E-state index is 5.64. The second-order valence-electron chi connectivity index (χ2n) is 3.05. The summed E-state index contributed by atoms with van der Waals surface area (Å²) in [5, 5.41) is 0. The van der Waals surface area contributed by atoms with E-state index >= 15 is 0 Å². The van der Waals surface area contributed by atoms with Gasteiger partial charge in [-0.3, -0.25) is 0 Å². The molecule has 0 saturated heterocycles. The first-order valence-corrected chi connectivity index (χ1v) is 4.76. The van der Waals surface area contributed by atoms with Gasteiger partial charge in [0, 0.05) is 23.4 Å². The van der Waals surface area contributed by atoms with E-state index < -0.39 is 0 Å². The number of rotatable bonds is 3. The van der Waals surface area contributed by atoms with Gasteiger partial charge in [-0.15, -0.1) is 11.3 Å². The van der Waals surface area contributed by atoms with Crippen molar-refractivity contribution in [2.45, 2.75) is 19.4 Å². The van der Waals surface area contributed by atoms with Gasteiger partial charge >= 0.3 is 0 Å². The number of methoxy groups -OCH3 is 1. The summed E-state index contributed by atoms with van der Waals surface area (Å²) in [6.45, 7) is 4.61. The van der Waals surface area contributed by atoms with Crippen molar-refractivity contribution in [3.05, 3.63) is 21.9 Å². The Bertz CT molecular complexity index is 253. The minimum absolute atomic E-state index is 0.307. The molecule has 2 N–H and O–H groups in total. The maximum atomic E-state index is 5.64. The van der Waals surface area contributed by atoms with E-state index in [0.717, 1.165) is 0 Å². The molecule has 1 aromatic rings. The highest BCUT2D eigenvalue weighted by Gasteiger charge is 2.25. The van der Waals surface area contributed by atoms with Crippen LogP contribution in [0, 0.1) is 6.92 Å². The summed E-state index contributed by atoms with van der Waals surface area (Å²) in [4.78, 5) is 2.49. The van der Waals surface area contributed by atoms with Gasteiger partial charge < -0.3 is 10.5 Å². The summed E-state index contributed by atoms with van der Waals surface area (Å²) in [6, 6.07) is 4.17. The average molecular weight is 185 g/mol. The van der Waals surface area contributed by atoms with Crippen LogP contribution in [-0.4, -0.2) is 13.7 Å². The van der Waals surface area contributed by atoms with Gasteiger partial charge in [-0.2, -0.15) is 0 Å². The zero-order valence-electron chi connectivity index (χ0n) is 7.76. The minimum Gasteiger partial charge on any atom is -0.372 e. The van der Waals surface area contributed by atoms with E-state index in [1.807, 2.05) is 6.92 Å². The number of hydrogen-bond donors (Lipinski definition) is 1. The highest BCUT2D eigenvalue weighted by molar-refractivity contribution is 7.12. The SMILES string of the molecule is COC(C)(CN)c1ccc(C)s1. The number of hydrogen-bond acceptors (Lipinski definition) is 3. The van der Waals surface area contributed by atoms with Crippen LogP contribution in [0.3, 0.4) is 0 Å². The molecular weight excluding hydrogens is 170 g/mol. The van der Waals surface area contributed by atoms with Crippen molar-refractivity contribution in [1.29, 1.82) is 0 Å². The molecule has 1 aromatic heterocycles. The topological polar surface area (TPSA) is 35.2 Å². The smallest absolute Gasteiger partial charge is 0.111 e. The summed E-state index contributed by atoms with van der Waals surface area (Å²) in [5.41, 5.74) is 5.33. The fourth-order valence-corrected chi connectivity index (χ4v) is 2.00. The molecule has 1 rings (SSSR count). The summed E-state index contributed by atoms with van der Waals surface area (Å²) in [7, 11) is 1.70. The predicted octanol–water partition coefficient (Wildman–Crippen LogP) is 1.88. The third-order valence-corrected chi connectivity index (χ3v) is 3.35. The molecule has 3 heteroatoms. The zero-order chi connectivity index (χ0) is 9.19. The standard InChI is InChI=1S/C9H15NOS/c1-7-4-5-8(12-7)9(2,6-10)11-3/h4-5H,6,10H2,1-3H3. The molecule has 1 heterocycles. The Morgan fingerprint density at radius 3 is 2.58 bits per heavy atom. The third-order valence-electron chi connectivity index (χ3n) is 2.10. The second kappa shape index (κ2) is 3.56. The number of nitrogens with two attached hydrogens (primary N) is 1. The van der Waals surface area contributed by atoms with Gasteiger partial charge in [0.2, 0.25) is 0 Å². The molecule has 2 nitrogen and oxygen atoms in total. The lowest BCUT2D eigenvalue weighted by Gasteiger charge is -2.24. The Labute approximate surface area is 77.3 Å². The molecule has 0 bridgehead atoms. The van der Waals surface area contributed by atoms with Crippen LogP contribution in [0.4, 0.5) is 0 Å². The van der Waals surface area contributed by atoms with Crippen LogP contribution < -0.4 is 5.73 Å². The first kappa shape index (κ1) is 9.71. The largest absolute Gasteiger partial charge is 0.372 e. The lowest BCUT2D eigenvalue weighted by atomic mass is 10.1. The summed E-state index contributed by atoms with van der Waals surface area (Å²) in [6.07, 6.45) is 0. The molecule has 0 aromatic carbocycles. The van der Waals surface area contributed by atoms with E-state index in [1.165, 1.54) is 9.75 Å². The highest BCUT2D eigenvalue weighted by Crippen LogP contribution is 2.29. The second-order valence-corrected chi connectivity index (χ2v) is 4.34. The summed E-state index contributed by atoms with van der Waals surface area (Å²) < 4.78 is 5.37. The predicted molar refractivity (Wildman–Crippen MR) is 52.5 cm³/mol. The molecule has 12 heavy (non-hydrogen) atoms. The van der Waals surface area contributed by atoms with Crippen LogP contribution in [0.5, 0.6) is 0 Å². The zero-order valence-corrected chi connectivity index (χ0v) is 8.57. The van der Waals surface area contributed by atoms with Crippen LogP contribution >= 0.6 is 11.3 Å². The molecule has 1 atom stereocenters. The lowest BCUT2D eigenvalue weighted by Crippen LogP contribution is -2.32. The van der Waals surface area contributed by atoms with Crippen molar-refractivity contribution < 1.29 is 4.74 Å². The van der Waals surface area contributed by atoms with Crippen LogP contribution in [0.1, 0.15) is 16.7 Å². The Morgan fingerprint density at radius 2 is 2.25 bits per heavy atom. The molecule has 0 aliphatic heterocycles. The van der Waals surface area contributed by atoms with Gasteiger partial charge in [0.25, 0.3) is 0 Å². The van der Waals surface area contributed by atoms with E-state index in [-0.39, 0.29) is 5.60 Å². The maximum Gasteiger partial charge on any atom is 0.111 e. The molecule has 68 valence electrons. The molecular formula is C9H15NOS. The van der Waals surface area contributed by atoms with Gasteiger partial charge in [0.05, 0.1) is 0 Å². The van der Waals surface area contributed by atoms with E-state index in [2.05, 4.69) is 19.1 Å². The van der Waals surface area contributed by atoms with Crippen LogP contribution in [0.15, 0.2) is 12.1 Å². The van der Waals surface area contributed by atoms with Gasteiger partial charge in [-0.1, -0.05) is 0 Å². The Morgan fingerprint density at radius 1 is 1.58 bits per heavy atom. The lowest BCUT2D eigenvalue weighted by molar-refractivity contribution is 0.0132. The molecule has 0 saturated carbocycles. The van der Waals surface area contributed by atoms with Crippen molar-refractivity contribution in [3.63, 3.8) is 0 Å². The van der Waals surface area contributed by atoms with E-state index in [1.54, 1.807) is 18.4 Å². The first-order valence-electron chi connectivity index (χ1n) is 3.94. The molecule has 1 unspecified atom stereocenters. The van der Waals surface area contributed by atoms with Crippen LogP contribution in [-0.2, 0) is 10.3 Å². The molecule has 0 radical (unpaired) electrons. The number of ether oxygens (including phenoxy) is 1. The van der Waals surface area contributed by atoms with Crippen molar-refractivity contribution in [3.8, 4) is 0 Å². The molecule has 0 spiro atoms.